The number of nitriles is 1. The summed E-state index contributed by atoms with van der Waals surface area (Å²) in [6, 6.07) is 6.41. The second-order valence-electron chi connectivity index (χ2n) is 4.90. The second-order valence-corrected chi connectivity index (χ2v) is 4.90. The lowest BCUT2D eigenvalue weighted by Crippen LogP contribution is -2.44. The molecule has 0 heterocycles. The van der Waals surface area contributed by atoms with Gasteiger partial charge in [0, 0.05) is 0 Å². The van der Waals surface area contributed by atoms with Crippen LogP contribution in [0.3, 0.4) is 0 Å². The predicted octanol–water partition coefficient (Wildman–Crippen LogP) is 2.80. The third-order valence-electron chi connectivity index (χ3n) is 3.64. The summed E-state index contributed by atoms with van der Waals surface area (Å²) in [7, 11) is 0. The highest BCUT2D eigenvalue weighted by Crippen LogP contribution is 2.32. The van der Waals surface area contributed by atoms with Crippen molar-refractivity contribution in [2.75, 3.05) is 11.9 Å². The molecule has 1 aliphatic rings. The van der Waals surface area contributed by atoms with Gasteiger partial charge in [0.25, 0.3) is 0 Å². The molecule has 0 radical (unpaired) electrons. The highest BCUT2D eigenvalue weighted by atomic mass is 19.1. The average Bonchev–Trinajstić information content (AvgIpc) is 2.40. The molecule has 18 heavy (non-hydrogen) atoms. The van der Waals surface area contributed by atoms with E-state index in [0.29, 0.717) is 5.69 Å². The van der Waals surface area contributed by atoms with Crippen molar-refractivity contribution in [3.63, 3.8) is 0 Å². The maximum atomic E-state index is 13.5. The molecule has 2 rings (SSSR count). The van der Waals surface area contributed by atoms with Crippen LogP contribution in [0, 0.1) is 17.1 Å². The summed E-state index contributed by atoms with van der Waals surface area (Å²) in [6.45, 7) is 0.00832. The molecule has 0 aromatic heterocycles. The smallest absolute Gasteiger partial charge is 0.143 e. The molecule has 0 spiro atoms. The summed E-state index contributed by atoms with van der Waals surface area (Å²) in [4.78, 5) is 0. The van der Waals surface area contributed by atoms with Crippen LogP contribution in [0.5, 0.6) is 0 Å². The van der Waals surface area contributed by atoms with Crippen LogP contribution < -0.4 is 5.32 Å². The quantitative estimate of drug-likeness (QED) is 0.864. The Hall–Kier alpha value is -1.60. The summed E-state index contributed by atoms with van der Waals surface area (Å²) >= 11 is 0. The molecule has 4 heteroatoms. The molecule has 1 aromatic carbocycles. The van der Waals surface area contributed by atoms with Crippen molar-refractivity contribution in [3.05, 3.63) is 29.6 Å². The van der Waals surface area contributed by atoms with Gasteiger partial charge in [-0.15, -0.1) is 0 Å². The lowest BCUT2D eigenvalue weighted by molar-refractivity contribution is 0.173. The van der Waals surface area contributed by atoms with Crippen LogP contribution in [0.25, 0.3) is 0 Å². The molecular weight excluding hydrogens is 231 g/mol. The van der Waals surface area contributed by atoms with E-state index in [4.69, 9.17) is 5.26 Å². The first-order chi connectivity index (χ1) is 8.71. The van der Waals surface area contributed by atoms with Gasteiger partial charge in [0.2, 0.25) is 0 Å². The largest absolute Gasteiger partial charge is 0.394 e. The maximum Gasteiger partial charge on any atom is 0.143 e. The third-order valence-corrected chi connectivity index (χ3v) is 3.64. The Bertz CT molecular complexity index is 461. The zero-order chi connectivity index (χ0) is 13.0. The van der Waals surface area contributed by atoms with Gasteiger partial charge in [-0.05, 0) is 25.0 Å². The Labute approximate surface area is 106 Å². The van der Waals surface area contributed by atoms with Gasteiger partial charge in [-0.3, -0.25) is 0 Å². The number of hydrogen-bond donors (Lipinski definition) is 2. The number of rotatable bonds is 3. The van der Waals surface area contributed by atoms with Crippen molar-refractivity contribution in [2.24, 2.45) is 0 Å². The number of aliphatic hydroxyl groups is 1. The van der Waals surface area contributed by atoms with Gasteiger partial charge < -0.3 is 10.4 Å². The Morgan fingerprint density at radius 2 is 2.06 bits per heavy atom. The molecule has 0 saturated heterocycles. The van der Waals surface area contributed by atoms with E-state index in [9.17, 15) is 9.50 Å². The molecule has 1 saturated carbocycles. The van der Waals surface area contributed by atoms with Gasteiger partial charge in [0.05, 0.1) is 17.8 Å². The first kappa shape index (κ1) is 12.8. The molecule has 1 aliphatic carbocycles. The van der Waals surface area contributed by atoms with Crippen LogP contribution in [-0.2, 0) is 0 Å². The van der Waals surface area contributed by atoms with Crippen molar-refractivity contribution >= 4 is 5.69 Å². The van der Waals surface area contributed by atoms with Crippen LogP contribution in [-0.4, -0.2) is 17.3 Å². The van der Waals surface area contributed by atoms with Gasteiger partial charge >= 0.3 is 0 Å². The summed E-state index contributed by atoms with van der Waals surface area (Å²) in [5, 5.41) is 21.8. The Morgan fingerprint density at radius 1 is 1.33 bits per heavy atom. The van der Waals surface area contributed by atoms with E-state index < -0.39 is 11.4 Å². The van der Waals surface area contributed by atoms with E-state index in [1.54, 1.807) is 12.1 Å². The zero-order valence-corrected chi connectivity index (χ0v) is 10.2. The van der Waals surface area contributed by atoms with E-state index in [-0.39, 0.29) is 12.2 Å². The Kier molecular flexibility index (Phi) is 3.83. The van der Waals surface area contributed by atoms with Gasteiger partial charge in [-0.1, -0.05) is 25.3 Å². The van der Waals surface area contributed by atoms with Crippen molar-refractivity contribution in [1.82, 2.24) is 0 Å². The van der Waals surface area contributed by atoms with Gasteiger partial charge in [0.15, 0.2) is 0 Å². The maximum absolute atomic E-state index is 13.5. The van der Waals surface area contributed by atoms with Crippen LogP contribution in [0.15, 0.2) is 18.2 Å². The van der Waals surface area contributed by atoms with E-state index >= 15 is 0 Å². The molecule has 0 unspecified atom stereocenters. The third kappa shape index (κ3) is 2.46. The minimum absolute atomic E-state index is 0.00832. The molecule has 3 nitrogen and oxygen atoms in total. The molecule has 0 atom stereocenters. The zero-order valence-electron chi connectivity index (χ0n) is 10.2. The highest BCUT2D eigenvalue weighted by Gasteiger charge is 2.31. The summed E-state index contributed by atoms with van der Waals surface area (Å²) in [5.74, 6) is -0.522. The molecule has 96 valence electrons. The lowest BCUT2D eigenvalue weighted by atomic mass is 9.82. The number of benzene rings is 1. The first-order valence-corrected chi connectivity index (χ1v) is 6.28. The SMILES string of the molecule is N#Cc1c(F)cccc1NC1(CO)CCCCC1. The summed E-state index contributed by atoms with van der Waals surface area (Å²) in [6.07, 6.45) is 4.96. The predicted molar refractivity (Wildman–Crippen MR) is 67.6 cm³/mol. The normalized spacial score (nSPS) is 18.1. The molecule has 1 fully saturated rings. The van der Waals surface area contributed by atoms with Crippen LogP contribution in [0.1, 0.15) is 37.7 Å². The van der Waals surface area contributed by atoms with Crippen LogP contribution in [0.2, 0.25) is 0 Å². The molecule has 0 amide bonds. The number of halogens is 1. The van der Waals surface area contributed by atoms with Crippen molar-refractivity contribution in [1.29, 1.82) is 5.26 Å². The summed E-state index contributed by atoms with van der Waals surface area (Å²) in [5.41, 5.74) is 0.0989. The topological polar surface area (TPSA) is 56.0 Å². The average molecular weight is 248 g/mol. The van der Waals surface area contributed by atoms with Crippen LogP contribution in [0.4, 0.5) is 10.1 Å². The fraction of sp³-hybridized carbons (Fsp3) is 0.500. The van der Waals surface area contributed by atoms with E-state index in [2.05, 4.69) is 5.32 Å². The number of nitrogens with one attached hydrogen (secondary N) is 1. The molecule has 0 aliphatic heterocycles. The number of anilines is 1. The highest BCUT2D eigenvalue weighted by molar-refractivity contribution is 5.59. The van der Waals surface area contributed by atoms with Crippen molar-refractivity contribution in [3.8, 4) is 6.07 Å². The number of nitrogens with zero attached hydrogens (tertiary/aromatic N) is 1. The van der Waals surface area contributed by atoms with Crippen molar-refractivity contribution < 1.29 is 9.50 Å². The molecule has 2 N–H and O–H groups in total. The fourth-order valence-electron chi connectivity index (χ4n) is 2.58. The van der Waals surface area contributed by atoms with Gasteiger partial charge in [-0.2, -0.15) is 5.26 Å². The molecular formula is C14H17FN2O. The Balaban J connectivity index is 2.27. The molecule has 1 aromatic rings. The molecule has 0 bridgehead atoms. The second kappa shape index (κ2) is 5.36. The Morgan fingerprint density at radius 3 is 2.67 bits per heavy atom. The number of hydrogen-bond acceptors (Lipinski definition) is 3. The minimum atomic E-state index is -0.522. The monoisotopic (exact) mass is 248 g/mol. The summed E-state index contributed by atoms with van der Waals surface area (Å²) < 4.78 is 13.5. The van der Waals surface area contributed by atoms with E-state index in [1.807, 2.05) is 6.07 Å². The first-order valence-electron chi connectivity index (χ1n) is 6.28. The van der Waals surface area contributed by atoms with Crippen molar-refractivity contribution in [2.45, 2.75) is 37.6 Å². The van der Waals surface area contributed by atoms with Crippen LogP contribution >= 0.6 is 0 Å². The van der Waals surface area contributed by atoms with Gasteiger partial charge in [0.1, 0.15) is 17.4 Å². The fourth-order valence-corrected chi connectivity index (χ4v) is 2.58. The standard InChI is InChI=1S/C14H17FN2O/c15-12-5-4-6-13(11(12)9-16)17-14(10-18)7-2-1-3-8-14/h4-6,17-18H,1-3,7-8,10H2. The van der Waals surface area contributed by atoms with E-state index in [0.717, 1.165) is 32.1 Å². The lowest BCUT2D eigenvalue weighted by Gasteiger charge is -2.37. The number of aliphatic hydroxyl groups excluding tert-OH is 1. The minimum Gasteiger partial charge on any atom is -0.394 e. The van der Waals surface area contributed by atoms with Gasteiger partial charge in [-0.25, -0.2) is 4.39 Å². The van der Waals surface area contributed by atoms with E-state index in [1.165, 1.54) is 6.07 Å².